The van der Waals surface area contributed by atoms with Gasteiger partial charge in [-0.2, -0.15) is 0 Å². The van der Waals surface area contributed by atoms with Crippen LogP contribution in [-0.2, 0) is 9.53 Å². The van der Waals surface area contributed by atoms with Gasteiger partial charge in [0.1, 0.15) is 11.5 Å². The predicted molar refractivity (Wildman–Crippen MR) is 119 cm³/mol. The van der Waals surface area contributed by atoms with Gasteiger partial charge in [0.2, 0.25) is 5.91 Å². The van der Waals surface area contributed by atoms with Crippen LogP contribution >= 0.6 is 0 Å². The molecule has 8 heteroatoms. The van der Waals surface area contributed by atoms with E-state index in [1.807, 2.05) is 12.1 Å². The monoisotopic (exact) mass is 427 g/mol. The Bertz CT molecular complexity index is 894. The number of amides is 1. The maximum Gasteiger partial charge on any atom is 0.337 e. The van der Waals surface area contributed by atoms with Crippen LogP contribution < -0.4 is 19.7 Å². The molecule has 1 fully saturated rings. The highest BCUT2D eigenvalue weighted by atomic mass is 16.5. The first-order chi connectivity index (χ1) is 14.9. The molecule has 1 aliphatic heterocycles. The van der Waals surface area contributed by atoms with E-state index in [0.717, 1.165) is 25.3 Å². The number of hydrogen-bond acceptors (Lipinski definition) is 7. The zero-order valence-corrected chi connectivity index (χ0v) is 18.4. The topological polar surface area (TPSA) is 80.3 Å². The molecule has 1 unspecified atom stereocenters. The quantitative estimate of drug-likeness (QED) is 0.681. The number of carbonyl (C=O) groups is 2. The van der Waals surface area contributed by atoms with Crippen molar-refractivity contribution in [3.63, 3.8) is 0 Å². The minimum Gasteiger partial charge on any atom is -0.497 e. The largest absolute Gasteiger partial charge is 0.497 e. The Morgan fingerprint density at radius 1 is 1.00 bits per heavy atom. The van der Waals surface area contributed by atoms with Gasteiger partial charge in [0, 0.05) is 55.2 Å². The molecular weight excluding hydrogens is 398 g/mol. The summed E-state index contributed by atoms with van der Waals surface area (Å²) in [7, 11) is 4.52. The summed E-state index contributed by atoms with van der Waals surface area (Å²) in [6.07, 6.45) is 0. The average molecular weight is 428 g/mol. The van der Waals surface area contributed by atoms with E-state index in [9.17, 15) is 9.59 Å². The molecule has 3 rings (SSSR count). The lowest BCUT2D eigenvalue weighted by molar-refractivity contribution is -0.117. The second kappa shape index (κ2) is 10.2. The number of hydrogen-bond donors (Lipinski definition) is 1. The zero-order chi connectivity index (χ0) is 22.4. The van der Waals surface area contributed by atoms with Crippen molar-refractivity contribution in [3.05, 3.63) is 48.0 Å². The van der Waals surface area contributed by atoms with Gasteiger partial charge in [0.25, 0.3) is 0 Å². The fourth-order valence-corrected chi connectivity index (χ4v) is 3.66. The third-order valence-electron chi connectivity index (χ3n) is 5.40. The number of carbonyl (C=O) groups excluding carboxylic acids is 2. The summed E-state index contributed by atoms with van der Waals surface area (Å²) < 4.78 is 15.3. The smallest absolute Gasteiger partial charge is 0.337 e. The van der Waals surface area contributed by atoms with Crippen molar-refractivity contribution >= 4 is 23.3 Å². The fraction of sp³-hybridized carbons (Fsp3) is 0.391. The van der Waals surface area contributed by atoms with Crippen LogP contribution in [0.4, 0.5) is 11.4 Å². The molecule has 0 aliphatic carbocycles. The molecule has 1 amide bonds. The highest BCUT2D eigenvalue weighted by Crippen LogP contribution is 2.26. The van der Waals surface area contributed by atoms with E-state index < -0.39 is 0 Å². The first-order valence-corrected chi connectivity index (χ1v) is 10.1. The van der Waals surface area contributed by atoms with Crippen LogP contribution in [0, 0.1) is 0 Å². The molecule has 8 nitrogen and oxygen atoms in total. The van der Waals surface area contributed by atoms with E-state index in [0.29, 0.717) is 29.3 Å². The predicted octanol–water partition coefficient (Wildman–Crippen LogP) is 2.64. The molecule has 0 bridgehead atoms. The summed E-state index contributed by atoms with van der Waals surface area (Å²) in [6, 6.07) is 12.9. The second-order valence-corrected chi connectivity index (χ2v) is 7.45. The number of piperazine rings is 1. The Hall–Kier alpha value is -3.26. The Morgan fingerprint density at radius 2 is 1.65 bits per heavy atom. The van der Waals surface area contributed by atoms with Crippen LogP contribution in [0.3, 0.4) is 0 Å². The van der Waals surface area contributed by atoms with Crippen molar-refractivity contribution in [1.29, 1.82) is 0 Å². The lowest BCUT2D eigenvalue weighted by Gasteiger charge is -2.40. The molecule has 1 N–H and O–H groups in total. The molecule has 0 spiro atoms. The first kappa shape index (κ1) is 22.4. The standard InChI is InChI=1S/C23H29N3O5/c1-16-14-26(19-7-5-17(6-8-19)23(28)31-4)10-9-25(16)15-22(27)24-18-11-20(29-2)13-21(12-18)30-3/h5-8,11-13,16H,9-10,14-15H2,1-4H3,(H,24,27). The molecule has 1 heterocycles. The summed E-state index contributed by atoms with van der Waals surface area (Å²) in [5, 5.41) is 2.93. The lowest BCUT2D eigenvalue weighted by Crippen LogP contribution is -2.53. The maximum atomic E-state index is 12.6. The van der Waals surface area contributed by atoms with Crippen molar-refractivity contribution in [2.75, 3.05) is 57.7 Å². The number of benzene rings is 2. The third kappa shape index (κ3) is 5.67. The van der Waals surface area contributed by atoms with Crippen molar-refractivity contribution in [3.8, 4) is 11.5 Å². The average Bonchev–Trinajstić information content (AvgIpc) is 2.79. The van der Waals surface area contributed by atoms with E-state index in [1.165, 1.54) is 7.11 Å². The second-order valence-electron chi connectivity index (χ2n) is 7.45. The minimum absolute atomic E-state index is 0.0852. The van der Waals surface area contributed by atoms with E-state index in [4.69, 9.17) is 14.2 Å². The zero-order valence-electron chi connectivity index (χ0n) is 18.4. The van der Waals surface area contributed by atoms with Gasteiger partial charge in [-0.15, -0.1) is 0 Å². The molecule has 1 atom stereocenters. The number of anilines is 2. The first-order valence-electron chi connectivity index (χ1n) is 10.1. The van der Waals surface area contributed by atoms with Crippen molar-refractivity contribution in [2.45, 2.75) is 13.0 Å². The number of rotatable bonds is 7. The molecule has 1 saturated heterocycles. The molecule has 0 saturated carbocycles. The molecule has 1 aliphatic rings. The summed E-state index contributed by atoms with van der Waals surface area (Å²) in [5.74, 6) is 0.812. The molecule has 31 heavy (non-hydrogen) atoms. The Labute approximate surface area is 182 Å². The Balaban J connectivity index is 1.56. The molecule has 2 aromatic rings. The Kier molecular flexibility index (Phi) is 7.36. The Morgan fingerprint density at radius 3 is 2.19 bits per heavy atom. The highest BCUT2D eigenvalue weighted by molar-refractivity contribution is 5.92. The summed E-state index contributed by atoms with van der Waals surface area (Å²) in [5.41, 5.74) is 2.22. The number of nitrogens with one attached hydrogen (secondary N) is 1. The number of methoxy groups -OCH3 is 3. The van der Waals surface area contributed by atoms with Crippen molar-refractivity contribution < 1.29 is 23.8 Å². The van der Waals surface area contributed by atoms with E-state index in [1.54, 1.807) is 44.6 Å². The molecule has 0 radical (unpaired) electrons. The summed E-state index contributed by atoms with van der Waals surface area (Å²) in [6.45, 7) is 4.75. The fourth-order valence-electron chi connectivity index (χ4n) is 3.66. The van der Waals surface area contributed by atoms with Crippen LogP contribution in [0.25, 0.3) is 0 Å². The van der Waals surface area contributed by atoms with Crippen LogP contribution in [-0.4, -0.2) is 70.3 Å². The van der Waals surface area contributed by atoms with Gasteiger partial charge >= 0.3 is 5.97 Å². The van der Waals surface area contributed by atoms with Gasteiger partial charge in [-0.3, -0.25) is 9.69 Å². The molecule has 2 aromatic carbocycles. The third-order valence-corrected chi connectivity index (χ3v) is 5.40. The van der Waals surface area contributed by atoms with Gasteiger partial charge in [-0.25, -0.2) is 4.79 Å². The van der Waals surface area contributed by atoms with Gasteiger partial charge in [-0.05, 0) is 31.2 Å². The van der Waals surface area contributed by atoms with Gasteiger partial charge < -0.3 is 24.4 Å². The molecule has 0 aromatic heterocycles. The normalized spacial score (nSPS) is 16.5. The SMILES string of the molecule is COC(=O)c1ccc(N2CCN(CC(=O)Nc3cc(OC)cc(OC)c3)C(C)C2)cc1. The van der Waals surface area contributed by atoms with Crippen molar-refractivity contribution in [2.24, 2.45) is 0 Å². The summed E-state index contributed by atoms with van der Waals surface area (Å²) >= 11 is 0. The highest BCUT2D eigenvalue weighted by Gasteiger charge is 2.25. The number of esters is 1. The van der Waals surface area contributed by atoms with E-state index in [-0.39, 0.29) is 17.9 Å². The van der Waals surface area contributed by atoms with Gasteiger partial charge in [0.15, 0.2) is 0 Å². The van der Waals surface area contributed by atoms with Gasteiger partial charge in [-0.1, -0.05) is 0 Å². The molecular formula is C23H29N3O5. The molecule has 166 valence electrons. The summed E-state index contributed by atoms with van der Waals surface area (Å²) in [4.78, 5) is 28.6. The van der Waals surface area contributed by atoms with Crippen LogP contribution in [0.2, 0.25) is 0 Å². The van der Waals surface area contributed by atoms with Crippen LogP contribution in [0.5, 0.6) is 11.5 Å². The van der Waals surface area contributed by atoms with Crippen LogP contribution in [0.15, 0.2) is 42.5 Å². The van der Waals surface area contributed by atoms with E-state index >= 15 is 0 Å². The number of ether oxygens (including phenoxy) is 3. The number of nitrogens with zero attached hydrogens (tertiary/aromatic N) is 2. The van der Waals surface area contributed by atoms with Crippen LogP contribution in [0.1, 0.15) is 17.3 Å². The van der Waals surface area contributed by atoms with E-state index in [2.05, 4.69) is 22.0 Å². The maximum absolute atomic E-state index is 12.6. The van der Waals surface area contributed by atoms with Gasteiger partial charge in [0.05, 0.1) is 33.4 Å². The minimum atomic E-state index is -0.343. The van der Waals surface area contributed by atoms with Crippen molar-refractivity contribution in [1.82, 2.24) is 4.90 Å². The lowest BCUT2D eigenvalue weighted by atomic mass is 10.1.